The van der Waals surface area contributed by atoms with Gasteiger partial charge in [-0.05, 0) is 116 Å². The first-order chi connectivity index (χ1) is 28.7. The van der Waals surface area contributed by atoms with Crippen LogP contribution in [0.4, 0.5) is 0 Å². The minimum absolute atomic E-state index is 0. The molecule has 2 aliphatic carbocycles. The van der Waals surface area contributed by atoms with Crippen molar-refractivity contribution in [3.63, 3.8) is 0 Å². The van der Waals surface area contributed by atoms with Crippen molar-refractivity contribution in [2.24, 2.45) is 0 Å². The van der Waals surface area contributed by atoms with Gasteiger partial charge >= 0.3 is 0 Å². The van der Waals surface area contributed by atoms with Crippen molar-refractivity contribution in [2.75, 3.05) is 0 Å². The smallest absolute Gasteiger partial charge is 0.115 e. The third-order valence-corrected chi connectivity index (χ3v) is 12.5. The van der Waals surface area contributed by atoms with E-state index in [-0.39, 0.29) is 25.5 Å². The van der Waals surface area contributed by atoms with Crippen LogP contribution in [0, 0.1) is 6.07 Å². The zero-order chi connectivity index (χ0) is 38.2. The molecule has 4 nitrogen and oxygen atoms in total. The minimum atomic E-state index is -0.234. The molecule has 1 radical (unpaired) electrons. The number of pyridine rings is 1. The van der Waals surface area contributed by atoms with Crippen molar-refractivity contribution >= 4 is 21.8 Å². The van der Waals surface area contributed by atoms with Gasteiger partial charge in [-0.2, -0.15) is 0 Å². The quantitative estimate of drug-likeness (QED) is 0.162. The normalized spacial score (nSPS) is 14.9. The Kier molecular flexibility index (Phi) is 8.37. The maximum Gasteiger partial charge on any atom is 0.115 e. The van der Waals surface area contributed by atoms with E-state index in [0.717, 1.165) is 41.0 Å². The molecule has 7 aromatic carbocycles. The molecular formula is C54H35IrN4-. The van der Waals surface area contributed by atoms with Gasteiger partial charge in [0.2, 0.25) is 0 Å². The number of nitrogens with zero attached hydrogens (tertiary/aromatic N) is 4. The molecule has 0 amide bonds. The van der Waals surface area contributed by atoms with Crippen molar-refractivity contribution in [3.8, 4) is 61.5 Å². The number of benzene rings is 7. The predicted molar refractivity (Wildman–Crippen MR) is 235 cm³/mol. The Hall–Kier alpha value is -6.78. The molecule has 2 aliphatic rings. The molecule has 3 heterocycles. The first-order valence-corrected chi connectivity index (χ1v) is 19.9. The first-order valence-electron chi connectivity index (χ1n) is 19.9. The number of hydrogen-bond acceptors (Lipinski definition) is 3. The first kappa shape index (κ1) is 35.4. The fourth-order valence-corrected chi connectivity index (χ4v) is 9.80. The Morgan fingerprint density at radius 1 is 0.525 bits per heavy atom. The van der Waals surface area contributed by atoms with E-state index in [9.17, 15) is 0 Å². The number of fused-ring (bicyclic) bond motifs is 9. The zero-order valence-corrected chi connectivity index (χ0v) is 34.3. The fraction of sp³-hybridized carbons (Fsp3) is 0.0556. The molecule has 1 spiro atoms. The fourth-order valence-electron chi connectivity index (χ4n) is 9.80. The summed E-state index contributed by atoms with van der Waals surface area (Å²) in [5.74, 6) is 0. The summed E-state index contributed by atoms with van der Waals surface area (Å²) in [4.78, 5) is 13.8. The van der Waals surface area contributed by atoms with Crippen LogP contribution in [0.15, 0.2) is 189 Å². The van der Waals surface area contributed by atoms with Gasteiger partial charge in [-0.3, -0.25) is 0 Å². The zero-order valence-electron chi connectivity index (χ0n) is 31.9. The molecule has 0 saturated heterocycles. The Morgan fingerprint density at radius 2 is 1.15 bits per heavy atom. The van der Waals surface area contributed by atoms with Gasteiger partial charge < -0.3 is 9.55 Å². The van der Waals surface area contributed by atoms with Gasteiger partial charge in [0.15, 0.2) is 0 Å². The SMILES string of the molecule is [Ir].[c-]1ccc(-c2cccc(-c3ccc4c(c3)C3(Cc5cncnc5C3)c3cc(-c5ccc(-n6c7ccccc7c7ccccc76)cc5)ccc3-4)c2)cc1-c1ccccn1. The molecule has 0 N–H and O–H groups in total. The number of para-hydroxylation sites is 2. The van der Waals surface area contributed by atoms with Crippen molar-refractivity contribution in [1.29, 1.82) is 0 Å². The Bertz CT molecular complexity index is 3160. The molecule has 3 aromatic heterocycles. The molecule has 0 fully saturated rings. The molecule has 1 unspecified atom stereocenters. The maximum absolute atomic E-state index is 4.82. The third kappa shape index (κ3) is 5.65. The predicted octanol–water partition coefficient (Wildman–Crippen LogP) is 12.5. The van der Waals surface area contributed by atoms with Crippen LogP contribution < -0.4 is 0 Å². The summed E-state index contributed by atoms with van der Waals surface area (Å²) in [6.45, 7) is 0. The number of hydrogen-bond donors (Lipinski definition) is 0. The Morgan fingerprint density at radius 3 is 1.83 bits per heavy atom. The van der Waals surface area contributed by atoms with Crippen molar-refractivity contribution in [3.05, 3.63) is 217 Å². The van der Waals surface area contributed by atoms with Crippen LogP contribution in [0.3, 0.4) is 0 Å². The van der Waals surface area contributed by atoms with Gasteiger partial charge in [0.05, 0.1) is 11.0 Å². The van der Waals surface area contributed by atoms with Crippen LogP contribution in [0.25, 0.3) is 83.3 Å². The van der Waals surface area contributed by atoms with Gasteiger partial charge in [0.25, 0.3) is 0 Å². The van der Waals surface area contributed by atoms with Crippen LogP contribution in [-0.4, -0.2) is 19.5 Å². The van der Waals surface area contributed by atoms with E-state index in [1.807, 2.05) is 36.7 Å². The summed E-state index contributed by atoms with van der Waals surface area (Å²) in [5.41, 5.74) is 20.2. The second-order valence-corrected chi connectivity index (χ2v) is 15.7. The van der Waals surface area contributed by atoms with Gasteiger partial charge in [-0.1, -0.05) is 103 Å². The Balaban J connectivity index is 0.00000397. The molecule has 0 aliphatic heterocycles. The second kappa shape index (κ2) is 14.0. The van der Waals surface area contributed by atoms with E-state index in [4.69, 9.17) is 4.98 Å². The van der Waals surface area contributed by atoms with E-state index in [2.05, 4.69) is 166 Å². The van der Waals surface area contributed by atoms with Gasteiger partial charge in [-0.15, -0.1) is 35.4 Å². The summed E-state index contributed by atoms with van der Waals surface area (Å²) in [7, 11) is 0. The molecule has 10 aromatic rings. The molecule has 12 rings (SSSR count). The van der Waals surface area contributed by atoms with Gasteiger partial charge in [0.1, 0.15) is 6.33 Å². The van der Waals surface area contributed by atoms with Crippen LogP contribution >= 0.6 is 0 Å². The minimum Gasteiger partial charge on any atom is -0.309 e. The molecule has 281 valence electrons. The van der Waals surface area contributed by atoms with Crippen molar-refractivity contribution < 1.29 is 20.1 Å². The van der Waals surface area contributed by atoms with Crippen LogP contribution in [0.5, 0.6) is 0 Å². The third-order valence-electron chi connectivity index (χ3n) is 12.5. The van der Waals surface area contributed by atoms with Crippen molar-refractivity contribution in [1.82, 2.24) is 19.5 Å². The molecule has 0 bridgehead atoms. The number of aromatic nitrogens is 4. The second-order valence-electron chi connectivity index (χ2n) is 15.7. The van der Waals surface area contributed by atoms with E-state index >= 15 is 0 Å². The monoisotopic (exact) mass is 932 g/mol. The summed E-state index contributed by atoms with van der Waals surface area (Å²) in [5, 5.41) is 2.54. The van der Waals surface area contributed by atoms with Gasteiger partial charge in [0, 0.05) is 66.5 Å². The molecule has 0 saturated carbocycles. The van der Waals surface area contributed by atoms with Crippen LogP contribution in [-0.2, 0) is 38.4 Å². The summed E-state index contributed by atoms with van der Waals surface area (Å²) in [6.07, 6.45) is 7.28. The standard InChI is InChI=1S/C54H35N4.Ir/c1-3-16-52-46(13-1)47-14-2-4-17-53(47)58(52)43-22-18-35(19-23-43)39-20-24-44-45-25-21-40(30-49(45)54(48(44)29-39)31-42-33-55-34-57-51(42)32-54)37-10-7-9-36(27-37)38-11-8-12-41(28-38)50-15-5-6-26-56-50;/h1-11,13-30,33-34H,31-32H2;/q-1;. The maximum atomic E-state index is 4.82. The molecule has 5 heteroatoms. The van der Waals surface area contributed by atoms with E-state index in [1.54, 1.807) is 6.33 Å². The molecular weight excluding hydrogens is 897 g/mol. The molecule has 59 heavy (non-hydrogen) atoms. The average molecular weight is 932 g/mol. The van der Waals surface area contributed by atoms with Crippen LogP contribution in [0.1, 0.15) is 22.4 Å². The number of rotatable bonds is 5. The topological polar surface area (TPSA) is 43.6 Å². The van der Waals surface area contributed by atoms with E-state index < -0.39 is 0 Å². The largest absolute Gasteiger partial charge is 0.309 e. The van der Waals surface area contributed by atoms with E-state index in [0.29, 0.717) is 0 Å². The van der Waals surface area contributed by atoms with Crippen LogP contribution in [0.2, 0.25) is 0 Å². The van der Waals surface area contributed by atoms with Gasteiger partial charge in [-0.25, -0.2) is 9.97 Å². The summed E-state index contributed by atoms with van der Waals surface area (Å²) in [6, 6.07) is 65.2. The average Bonchev–Trinajstić information content (AvgIpc) is 3.94. The summed E-state index contributed by atoms with van der Waals surface area (Å²) < 4.78 is 2.38. The molecule has 1 atom stereocenters. The van der Waals surface area contributed by atoms with Crippen molar-refractivity contribution in [2.45, 2.75) is 18.3 Å². The summed E-state index contributed by atoms with van der Waals surface area (Å²) >= 11 is 0. The Labute approximate surface area is 356 Å². The van der Waals surface area contributed by atoms with E-state index in [1.165, 1.54) is 77.4 Å².